The second-order valence-corrected chi connectivity index (χ2v) is 4.75. The summed E-state index contributed by atoms with van der Waals surface area (Å²) in [6.45, 7) is 2.68. The predicted octanol–water partition coefficient (Wildman–Crippen LogP) is 2.26. The van der Waals surface area contributed by atoms with Crippen molar-refractivity contribution < 1.29 is 0 Å². The minimum absolute atomic E-state index is 0.388. The number of pyridine rings is 1. The van der Waals surface area contributed by atoms with Crippen LogP contribution in [0.4, 0.5) is 0 Å². The molecule has 0 spiro atoms. The molecule has 0 atom stereocenters. The largest absolute Gasteiger partial charge is 0.307 e. The van der Waals surface area contributed by atoms with Gasteiger partial charge in [0, 0.05) is 19.4 Å². The Bertz CT molecular complexity index is 714. The lowest BCUT2D eigenvalue weighted by molar-refractivity contribution is 0.702. The highest BCUT2D eigenvalue weighted by Gasteiger charge is 2.16. The molecule has 0 aliphatic heterocycles. The first-order valence-corrected chi connectivity index (χ1v) is 6.57. The van der Waals surface area contributed by atoms with Crippen molar-refractivity contribution in [1.29, 1.82) is 0 Å². The van der Waals surface area contributed by atoms with E-state index >= 15 is 0 Å². The normalized spacial score (nSPS) is 11.3. The van der Waals surface area contributed by atoms with Gasteiger partial charge in [-0.25, -0.2) is 4.98 Å². The van der Waals surface area contributed by atoms with Gasteiger partial charge < -0.3 is 4.57 Å². The third kappa shape index (κ3) is 2.00. The number of halogens is 1. The van der Waals surface area contributed by atoms with Gasteiger partial charge in [-0.2, -0.15) is 5.10 Å². The van der Waals surface area contributed by atoms with Crippen LogP contribution in [0.3, 0.4) is 0 Å². The first-order chi connectivity index (χ1) is 9.20. The molecule has 0 saturated heterocycles. The van der Waals surface area contributed by atoms with Crippen LogP contribution in [0.5, 0.6) is 0 Å². The van der Waals surface area contributed by atoms with E-state index in [0.29, 0.717) is 5.88 Å². The lowest BCUT2D eigenvalue weighted by Gasteiger charge is -2.08. The molecule has 0 fully saturated rings. The molecule has 3 aromatic heterocycles. The van der Waals surface area contributed by atoms with Crippen LogP contribution in [0.25, 0.3) is 11.2 Å². The fourth-order valence-electron chi connectivity index (χ4n) is 2.32. The van der Waals surface area contributed by atoms with Gasteiger partial charge in [-0.15, -0.1) is 11.6 Å². The Balaban J connectivity index is 2.15. The van der Waals surface area contributed by atoms with Gasteiger partial charge >= 0.3 is 0 Å². The highest BCUT2D eigenvalue weighted by atomic mass is 35.5. The van der Waals surface area contributed by atoms with Gasteiger partial charge in [0.25, 0.3) is 0 Å². The molecule has 98 valence electrons. The van der Waals surface area contributed by atoms with E-state index in [4.69, 9.17) is 11.6 Å². The predicted molar refractivity (Wildman–Crippen MR) is 74.1 cm³/mol. The van der Waals surface area contributed by atoms with E-state index < -0.39 is 0 Å². The molecule has 3 aromatic rings. The molecule has 3 heterocycles. The van der Waals surface area contributed by atoms with E-state index in [1.807, 2.05) is 30.8 Å². The average Bonchev–Trinajstić information content (AvgIpc) is 2.91. The van der Waals surface area contributed by atoms with Gasteiger partial charge in [-0.3, -0.25) is 9.67 Å². The van der Waals surface area contributed by atoms with E-state index in [1.165, 1.54) is 5.56 Å². The van der Waals surface area contributed by atoms with Crippen molar-refractivity contribution in [3.63, 3.8) is 0 Å². The van der Waals surface area contributed by atoms with Gasteiger partial charge in [0.1, 0.15) is 11.3 Å². The zero-order valence-corrected chi connectivity index (χ0v) is 11.6. The molecule has 0 bridgehead atoms. The zero-order valence-electron chi connectivity index (χ0n) is 10.8. The van der Waals surface area contributed by atoms with Gasteiger partial charge in [-0.1, -0.05) is 0 Å². The van der Waals surface area contributed by atoms with Crippen molar-refractivity contribution in [3.05, 3.63) is 41.6 Å². The Kier molecular flexibility index (Phi) is 2.98. The van der Waals surface area contributed by atoms with E-state index in [9.17, 15) is 0 Å². The van der Waals surface area contributed by atoms with Crippen LogP contribution < -0.4 is 0 Å². The second-order valence-electron chi connectivity index (χ2n) is 4.48. The summed E-state index contributed by atoms with van der Waals surface area (Å²) >= 11 is 6.01. The first kappa shape index (κ1) is 12.2. The maximum atomic E-state index is 6.01. The summed E-state index contributed by atoms with van der Waals surface area (Å²) in [5, 5.41) is 4.41. The molecular formula is C13H14ClN5. The lowest BCUT2D eigenvalue weighted by Crippen LogP contribution is -2.07. The van der Waals surface area contributed by atoms with E-state index in [0.717, 1.165) is 29.2 Å². The summed E-state index contributed by atoms with van der Waals surface area (Å²) in [5.41, 5.74) is 4.02. The quantitative estimate of drug-likeness (QED) is 0.689. The van der Waals surface area contributed by atoms with Crippen LogP contribution in [0.15, 0.2) is 24.5 Å². The number of hydrogen-bond acceptors (Lipinski definition) is 3. The van der Waals surface area contributed by atoms with Crippen molar-refractivity contribution >= 4 is 22.8 Å². The maximum absolute atomic E-state index is 6.01. The van der Waals surface area contributed by atoms with Crippen LogP contribution in [-0.4, -0.2) is 24.3 Å². The van der Waals surface area contributed by atoms with E-state index in [1.54, 1.807) is 12.4 Å². The van der Waals surface area contributed by atoms with Gasteiger partial charge in [0.05, 0.1) is 18.1 Å². The van der Waals surface area contributed by atoms with Crippen LogP contribution in [0.2, 0.25) is 0 Å². The van der Waals surface area contributed by atoms with Crippen molar-refractivity contribution in [1.82, 2.24) is 24.3 Å². The Hall–Kier alpha value is -1.88. The van der Waals surface area contributed by atoms with Crippen molar-refractivity contribution in [3.8, 4) is 0 Å². The summed E-state index contributed by atoms with van der Waals surface area (Å²) < 4.78 is 3.96. The highest BCUT2D eigenvalue weighted by molar-refractivity contribution is 6.16. The fraction of sp³-hybridized carbons (Fsp3) is 0.308. The van der Waals surface area contributed by atoms with Crippen molar-refractivity contribution in [2.75, 3.05) is 0 Å². The molecule has 0 aliphatic carbocycles. The first-order valence-electron chi connectivity index (χ1n) is 6.04. The van der Waals surface area contributed by atoms with Crippen LogP contribution >= 0.6 is 11.6 Å². The standard InChI is InChI=1S/C13H14ClN5/c1-9-12-13(18(2)17-9)19(11(7-14)16-12)8-10-3-5-15-6-4-10/h3-6H,7-8H2,1-2H3. The van der Waals surface area contributed by atoms with Gasteiger partial charge in [0.2, 0.25) is 0 Å². The summed E-state index contributed by atoms with van der Waals surface area (Å²) in [7, 11) is 1.93. The van der Waals surface area contributed by atoms with Crippen LogP contribution in [-0.2, 0) is 19.5 Å². The Labute approximate surface area is 115 Å². The third-order valence-electron chi connectivity index (χ3n) is 3.18. The highest BCUT2D eigenvalue weighted by Crippen LogP contribution is 2.21. The summed E-state index contributed by atoms with van der Waals surface area (Å²) in [6, 6.07) is 3.99. The lowest BCUT2D eigenvalue weighted by atomic mass is 10.2. The number of nitrogens with zero attached hydrogens (tertiary/aromatic N) is 5. The summed E-state index contributed by atoms with van der Waals surface area (Å²) in [5.74, 6) is 1.25. The summed E-state index contributed by atoms with van der Waals surface area (Å²) in [4.78, 5) is 8.61. The smallest absolute Gasteiger partial charge is 0.159 e. The number of alkyl halides is 1. The molecule has 3 rings (SSSR count). The zero-order chi connectivity index (χ0) is 13.4. The monoisotopic (exact) mass is 275 g/mol. The summed E-state index contributed by atoms with van der Waals surface area (Å²) in [6.07, 6.45) is 3.58. The topological polar surface area (TPSA) is 48.5 Å². The van der Waals surface area contributed by atoms with Crippen LogP contribution in [0.1, 0.15) is 17.1 Å². The molecule has 19 heavy (non-hydrogen) atoms. The Morgan fingerprint density at radius 1 is 1.26 bits per heavy atom. The fourth-order valence-corrected chi connectivity index (χ4v) is 2.52. The van der Waals surface area contributed by atoms with Crippen LogP contribution in [0, 0.1) is 6.92 Å². The number of aryl methyl sites for hydroxylation is 2. The van der Waals surface area contributed by atoms with Crippen molar-refractivity contribution in [2.45, 2.75) is 19.3 Å². The number of hydrogen-bond donors (Lipinski definition) is 0. The maximum Gasteiger partial charge on any atom is 0.159 e. The minimum atomic E-state index is 0.388. The number of fused-ring (bicyclic) bond motifs is 1. The van der Waals surface area contributed by atoms with Gasteiger partial charge in [0.15, 0.2) is 5.65 Å². The van der Waals surface area contributed by atoms with E-state index in [2.05, 4.69) is 19.6 Å². The second kappa shape index (κ2) is 4.66. The molecule has 0 radical (unpaired) electrons. The molecule has 0 aromatic carbocycles. The number of rotatable bonds is 3. The molecule has 0 N–H and O–H groups in total. The molecular weight excluding hydrogens is 262 g/mol. The van der Waals surface area contributed by atoms with E-state index in [-0.39, 0.29) is 0 Å². The molecule has 0 unspecified atom stereocenters. The Morgan fingerprint density at radius 2 is 2.00 bits per heavy atom. The molecule has 6 heteroatoms. The molecule has 0 saturated carbocycles. The van der Waals surface area contributed by atoms with Gasteiger partial charge in [-0.05, 0) is 24.6 Å². The molecule has 5 nitrogen and oxygen atoms in total. The minimum Gasteiger partial charge on any atom is -0.307 e. The third-order valence-corrected chi connectivity index (χ3v) is 3.42. The molecule has 0 amide bonds. The SMILES string of the molecule is Cc1nn(C)c2c1nc(CCl)n2Cc1ccncc1. The molecule has 0 aliphatic rings. The number of imidazole rings is 1. The van der Waals surface area contributed by atoms with Crippen molar-refractivity contribution in [2.24, 2.45) is 7.05 Å². The number of aromatic nitrogens is 5. The average molecular weight is 276 g/mol. The Morgan fingerprint density at radius 3 is 2.68 bits per heavy atom.